The first kappa shape index (κ1) is 71.1. The maximum atomic E-state index is 13.2. The first-order valence-electron chi connectivity index (χ1n) is 31.5. The lowest BCUT2D eigenvalue weighted by Gasteiger charge is -2.40. The third kappa shape index (κ3) is 40.9. The molecule has 0 aliphatic carbocycles. The van der Waals surface area contributed by atoms with E-state index in [1.807, 2.05) is 0 Å². The van der Waals surface area contributed by atoms with Gasteiger partial charge in [-0.2, -0.15) is 0 Å². The summed E-state index contributed by atoms with van der Waals surface area (Å²) in [5.74, 6) is -0.709. The summed E-state index contributed by atoms with van der Waals surface area (Å²) in [6.45, 7) is 3.46. The van der Waals surface area contributed by atoms with Gasteiger partial charge in [0.25, 0.3) is 0 Å². The Labute approximate surface area is 459 Å². The average Bonchev–Trinajstić information content (AvgIpc) is 3.41. The summed E-state index contributed by atoms with van der Waals surface area (Å²) in [7, 11) is 0. The minimum atomic E-state index is -1.67. The molecule has 1 fully saturated rings. The van der Waals surface area contributed by atoms with Crippen molar-refractivity contribution in [3.63, 3.8) is 0 Å². The fourth-order valence-electron chi connectivity index (χ4n) is 9.96. The van der Waals surface area contributed by atoms with Gasteiger partial charge in [0.2, 0.25) is 5.91 Å². The molecule has 0 bridgehead atoms. The van der Waals surface area contributed by atoms with Crippen LogP contribution in [-0.2, 0) is 14.3 Å². The van der Waals surface area contributed by atoms with E-state index in [1.54, 1.807) is 0 Å². The number of aliphatic hydroxyl groups is 7. The van der Waals surface area contributed by atoms with E-state index in [0.717, 1.165) is 44.9 Å². The fraction of sp³-hybridized carbons (Fsp3) is 0.859. The topological polar surface area (TPSA) is 189 Å². The predicted octanol–water partition coefficient (Wildman–Crippen LogP) is 14.0. The highest BCUT2D eigenvalue weighted by Crippen LogP contribution is 2.23. The number of hydrogen-bond acceptors (Lipinski definition) is 10. The molecule has 440 valence electrons. The van der Waals surface area contributed by atoms with E-state index in [2.05, 4.69) is 67.8 Å². The van der Waals surface area contributed by atoms with E-state index in [0.29, 0.717) is 19.3 Å². The van der Waals surface area contributed by atoms with Crippen LogP contribution in [0, 0.1) is 0 Å². The van der Waals surface area contributed by atoms with Crippen molar-refractivity contribution in [2.45, 2.75) is 339 Å². The SMILES string of the molecule is CCCCCCCCCCC/C=C\C/C=C\CCCCCCCCCCCCCCCCC(O)C(=O)NC(COC1OC(CO)C(O)C(O)C1O)C(O)C(O)CCC/C=C/CC/C=C/CCCCCCCCCCC. The Balaban J connectivity index is 2.26. The molecule has 9 atom stereocenters. The number of unbranched alkanes of at least 4 members (excludes halogenated alkanes) is 34. The van der Waals surface area contributed by atoms with Gasteiger partial charge in [-0.25, -0.2) is 0 Å². The average molecular weight is 1060 g/mol. The molecule has 9 unspecified atom stereocenters. The van der Waals surface area contributed by atoms with E-state index in [-0.39, 0.29) is 12.8 Å². The fourth-order valence-corrected chi connectivity index (χ4v) is 9.96. The zero-order valence-electron chi connectivity index (χ0n) is 48.3. The number of ether oxygens (including phenoxy) is 2. The van der Waals surface area contributed by atoms with Crippen LogP contribution in [0.5, 0.6) is 0 Å². The number of nitrogens with one attached hydrogen (secondary N) is 1. The number of carbonyl (C=O) groups excluding carboxylic acids is 1. The van der Waals surface area contributed by atoms with Crippen molar-refractivity contribution >= 4 is 5.91 Å². The lowest BCUT2D eigenvalue weighted by atomic mass is 9.98. The zero-order chi connectivity index (χ0) is 54.7. The van der Waals surface area contributed by atoms with Gasteiger partial charge in [0.05, 0.1) is 25.4 Å². The van der Waals surface area contributed by atoms with E-state index in [1.165, 1.54) is 193 Å². The second-order valence-corrected chi connectivity index (χ2v) is 22.1. The molecule has 1 aliphatic rings. The summed E-state index contributed by atoms with van der Waals surface area (Å²) < 4.78 is 11.1. The molecule has 1 aliphatic heterocycles. The van der Waals surface area contributed by atoms with E-state index in [9.17, 15) is 40.5 Å². The summed E-state index contributed by atoms with van der Waals surface area (Å²) in [6.07, 6.45) is 56.1. The number of hydrogen-bond donors (Lipinski definition) is 8. The minimum absolute atomic E-state index is 0.246. The standard InChI is InChI=1S/C64H119NO10/c1-3-5-7-9-11-13-15-17-19-21-23-24-25-26-27-28-29-30-31-32-33-34-36-38-40-42-44-46-48-50-52-57(68)63(73)65-55(54-74-64-62(72)61(71)60(70)58(53-66)75-64)59(69)56(67)51-49-47-45-43-41-39-37-35-22-20-18-16-14-12-10-8-6-4-2/h23-24,26-27,35,37,43,45,55-62,64,66-72H,3-22,25,28-34,36,38-42,44,46-54H2,1-2H3,(H,65,73)/b24-23-,27-26-,37-35+,45-43+. The summed E-state index contributed by atoms with van der Waals surface area (Å²) in [5, 5.41) is 76.2. The van der Waals surface area contributed by atoms with Crippen LogP contribution in [0.1, 0.15) is 284 Å². The van der Waals surface area contributed by atoms with Crippen LogP contribution in [-0.4, -0.2) is 110 Å². The number of rotatable bonds is 54. The van der Waals surface area contributed by atoms with Crippen LogP contribution >= 0.6 is 0 Å². The Hall–Kier alpha value is -1.93. The third-order valence-corrected chi connectivity index (χ3v) is 15.1. The van der Waals surface area contributed by atoms with Crippen molar-refractivity contribution in [1.29, 1.82) is 0 Å². The Morgan fingerprint density at radius 3 is 1.27 bits per heavy atom. The normalized spacial score (nSPS) is 20.0. The van der Waals surface area contributed by atoms with Gasteiger partial charge in [-0.3, -0.25) is 4.79 Å². The van der Waals surface area contributed by atoms with Gasteiger partial charge < -0.3 is 50.5 Å². The van der Waals surface area contributed by atoms with E-state index < -0.39 is 74.2 Å². The largest absolute Gasteiger partial charge is 0.394 e. The number of aliphatic hydroxyl groups excluding tert-OH is 7. The van der Waals surface area contributed by atoms with Gasteiger partial charge >= 0.3 is 0 Å². The van der Waals surface area contributed by atoms with Gasteiger partial charge in [-0.1, -0.05) is 249 Å². The lowest BCUT2D eigenvalue weighted by Crippen LogP contribution is -2.60. The molecular formula is C64H119NO10. The summed E-state index contributed by atoms with van der Waals surface area (Å²) in [6, 6.07) is -1.19. The lowest BCUT2D eigenvalue weighted by molar-refractivity contribution is -0.303. The third-order valence-electron chi connectivity index (χ3n) is 15.1. The minimum Gasteiger partial charge on any atom is -0.394 e. The molecule has 11 heteroatoms. The Kier molecular flexibility index (Phi) is 50.0. The van der Waals surface area contributed by atoms with Gasteiger partial charge in [0, 0.05) is 0 Å². The predicted molar refractivity (Wildman–Crippen MR) is 311 cm³/mol. The second-order valence-electron chi connectivity index (χ2n) is 22.1. The van der Waals surface area contributed by atoms with Crippen LogP contribution in [0.3, 0.4) is 0 Å². The number of allylic oxidation sites excluding steroid dienone is 8. The van der Waals surface area contributed by atoms with Gasteiger partial charge in [0.1, 0.15) is 36.6 Å². The molecule has 1 heterocycles. The summed E-state index contributed by atoms with van der Waals surface area (Å²) in [4.78, 5) is 13.2. The molecule has 0 saturated carbocycles. The molecular weight excluding hydrogens is 943 g/mol. The van der Waals surface area contributed by atoms with Crippen LogP contribution in [0.4, 0.5) is 0 Å². The quantitative estimate of drug-likeness (QED) is 0.0215. The molecule has 1 saturated heterocycles. The molecule has 0 radical (unpaired) electrons. The van der Waals surface area contributed by atoms with Crippen molar-refractivity contribution in [2.75, 3.05) is 13.2 Å². The molecule has 1 rings (SSSR count). The Morgan fingerprint density at radius 1 is 0.467 bits per heavy atom. The van der Waals surface area contributed by atoms with Crippen LogP contribution in [0.15, 0.2) is 48.6 Å². The molecule has 0 aromatic rings. The first-order valence-corrected chi connectivity index (χ1v) is 31.5. The van der Waals surface area contributed by atoms with Gasteiger partial charge in [0.15, 0.2) is 6.29 Å². The van der Waals surface area contributed by atoms with Gasteiger partial charge in [-0.05, 0) is 83.5 Å². The Morgan fingerprint density at radius 2 is 0.840 bits per heavy atom. The maximum Gasteiger partial charge on any atom is 0.249 e. The molecule has 8 N–H and O–H groups in total. The summed E-state index contributed by atoms with van der Waals surface area (Å²) >= 11 is 0. The van der Waals surface area contributed by atoms with Crippen molar-refractivity contribution < 1.29 is 50.0 Å². The van der Waals surface area contributed by atoms with Crippen molar-refractivity contribution in [3.05, 3.63) is 48.6 Å². The highest BCUT2D eigenvalue weighted by atomic mass is 16.7. The van der Waals surface area contributed by atoms with Crippen molar-refractivity contribution in [3.8, 4) is 0 Å². The molecule has 0 aromatic heterocycles. The molecule has 0 spiro atoms. The maximum absolute atomic E-state index is 13.2. The Bertz CT molecular complexity index is 1360. The van der Waals surface area contributed by atoms with Crippen LogP contribution in [0.25, 0.3) is 0 Å². The van der Waals surface area contributed by atoms with Crippen LogP contribution < -0.4 is 5.32 Å². The van der Waals surface area contributed by atoms with Crippen LogP contribution in [0.2, 0.25) is 0 Å². The molecule has 75 heavy (non-hydrogen) atoms. The zero-order valence-corrected chi connectivity index (χ0v) is 48.3. The highest BCUT2D eigenvalue weighted by Gasteiger charge is 2.44. The number of carbonyl (C=O) groups is 1. The van der Waals surface area contributed by atoms with Crippen molar-refractivity contribution in [1.82, 2.24) is 5.32 Å². The smallest absolute Gasteiger partial charge is 0.249 e. The second kappa shape index (κ2) is 52.8. The highest BCUT2D eigenvalue weighted by molar-refractivity contribution is 5.80. The first-order chi connectivity index (χ1) is 36.7. The monoisotopic (exact) mass is 1060 g/mol. The van der Waals surface area contributed by atoms with E-state index in [4.69, 9.17) is 9.47 Å². The molecule has 0 aromatic carbocycles. The van der Waals surface area contributed by atoms with E-state index >= 15 is 0 Å². The summed E-state index contributed by atoms with van der Waals surface area (Å²) in [5.41, 5.74) is 0. The van der Waals surface area contributed by atoms with Crippen molar-refractivity contribution in [2.24, 2.45) is 0 Å². The number of amides is 1. The van der Waals surface area contributed by atoms with Gasteiger partial charge in [-0.15, -0.1) is 0 Å². The molecule has 1 amide bonds. The molecule has 11 nitrogen and oxygen atoms in total.